The molecule has 2 N–H and O–H groups in total. The van der Waals surface area contributed by atoms with Gasteiger partial charge < -0.3 is 15.2 Å². The molecule has 3 atom stereocenters. The third kappa shape index (κ3) is 3.94. The maximum Gasteiger partial charge on any atom is 0.125 e. The molecule has 3 nitrogen and oxygen atoms in total. The summed E-state index contributed by atoms with van der Waals surface area (Å²) in [5, 5.41) is 0. The van der Waals surface area contributed by atoms with Crippen LogP contribution in [-0.4, -0.2) is 19.3 Å². The van der Waals surface area contributed by atoms with Crippen molar-refractivity contribution in [1.29, 1.82) is 0 Å². The first-order chi connectivity index (χ1) is 9.10. The van der Waals surface area contributed by atoms with Crippen LogP contribution < -0.4 is 10.5 Å². The average Bonchev–Trinajstić information content (AvgIpc) is 2.38. The van der Waals surface area contributed by atoms with Gasteiger partial charge in [0.15, 0.2) is 0 Å². The molecule has 1 fully saturated rings. The van der Waals surface area contributed by atoms with Gasteiger partial charge in [-0.1, -0.05) is 22.0 Å². The standard InChI is InChI=1S/C15H22BrNO2/c1-10(17)14-7-6-11(16)8-15(14)19-13-5-3-4-12(9-13)18-2/h6-8,10,12-13H,3-5,9,17H2,1-2H3. The second kappa shape index (κ2) is 6.73. The van der Waals surface area contributed by atoms with Crippen molar-refractivity contribution in [1.82, 2.24) is 0 Å². The molecular formula is C15H22BrNO2. The maximum absolute atomic E-state index is 6.17. The van der Waals surface area contributed by atoms with E-state index in [2.05, 4.69) is 15.9 Å². The summed E-state index contributed by atoms with van der Waals surface area (Å²) in [6, 6.07) is 6.02. The fourth-order valence-electron chi connectivity index (χ4n) is 2.59. The van der Waals surface area contributed by atoms with Gasteiger partial charge in [-0.3, -0.25) is 0 Å². The van der Waals surface area contributed by atoms with Gasteiger partial charge in [-0.2, -0.15) is 0 Å². The lowest BCUT2D eigenvalue weighted by molar-refractivity contribution is 0.0206. The topological polar surface area (TPSA) is 44.5 Å². The van der Waals surface area contributed by atoms with Gasteiger partial charge in [-0.25, -0.2) is 0 Å². The lowest BCUT2D eigenvalue weighted by Crippen LogP contribution is -2.30. The molecule has 0 aliphatic heterocycles. The Morgan fingerprint density at radius 1 is 1.32 bits per heavy atom. The number of halogens is 1. The molecule has 0 heterocycles. The predicted molar refractivity (Wildman–Crippen MR) is 80.4 cm³/mol. The molecule has 0 amide bonds. The Balaban J connectivity index is 2.11. The van der Waals surface area contributed by atoms with E-state index in [-0.39, 0.29) is 12.1 Å². The van der Waals surface area contributed by atoms with Crippen molar-refractivity contribution in [3.05, 3.63) is 28.2 Å². The van der Waals surface area contributed by atoms with Crippen molar-refractivity contribution in [3.63, 3.8) is 0 Å². The van der Waals surface area contributed by atoms with E-state index < -0.39 is 0 Å². The van der Waals surface area contributed by atoms with E-state index in [4.69, 9.17) is 15.2 Å². The highest BCUT2D eigenvalue weighted by Gasteiger charge is 2.24. The Labute approximate surface area is 123 Å². The molecule has 1 aromatic rings. The fourth-order valence-corrected chi connectivity index (χ4v) is 2.93. The first-order valence-electron chi connectivity index (χ1n) is 6.84. The van der Waals surface area contributed by atoms with Crippen LogP contribution in [0.2, 0.25) is 0 Å². The summed E-state index contributed by atoms with van der Waals surface area (Å²) in [5.41, 5.74) is 7.06. The number of nitrogens with two attached hydrogens (primary N) is 1. The Morgan fingerprint density at radius 3 is 2.74 bits per heavy atom. The van der Waals surface area contributed by atoms with Crippen LogP contribution in [0.5, 0.6) is 5.75 Å². The van der Waals surface area contributed by atoms with Crippen LogP contribution in [-0.2, 0) is 4.74 Å². The van der Waals surface area contributed by atoms with Crippen LogP contribution >= 0.6 is 15.9 Å². The van der Waals surface area contributed by atoms with Gasteiger partial charge in [0.25, 0.3) is 0 Å². The second-order valence-corrected chi connectivity index (χ2v) is 6.15. The first kappa shape index (κ1) is 14.8. The number of hydrogen-bond donors (Lipinski definition) is 1. The Kier molecular flexibility index (Phi) is 5.25. The molecule has 4 heteroatoms. The number of rotatable bonds is 4. The van der Waals surface area contributed by atoms with Gasteiger partial charge >= 0.3 is 0 Å². The van der Waals surface area contributed by atoms with Crippen LogP contribution in [0.25, 0.3) is 0 Å². The minimum atomic E-state index is -0.0232. The first-order valence-corrected chi connectivity index (χ1v) is 7.64. The monoisotopic (exact) mass is 327 g/mol. The highest BCUT2D eigenvalue weighted by atomic mass is 79.9. The lowest BCUT2D eigenvalue weighted by Gasteiger charge is -2.29. The van der Waals surface area contributed by atoms with Crippen molar-refractivity contribution in [2.24, 2.45) is 5.73 Å². The van der Waals surface area contributed by atoms with Gasteiger partial charge in [0, 0.05) is 29.6 Å². The van der Waals surface area contributed by atoms with Gasteiger partial charge in [0.2, 0.25) is 0 Å². The molecule has 1 aliphatic carbocycles. The number of methoxy groups -OCH3 is 1. The SMILES string of the molecule is COC1CCCC(Oc2cc(Br)ccc2C(C)N)C1. The Bertz CT molecular complexity index is 423. The molecule has 1 saturated carbocycles. The van der Waals surface area contributed by atoms with Crippen LogP contribution in [0.3, 0.4) is 0 Å². The van der Waals surface area contributed by atoms with Crippen LogP contribution in [0.4, 0.5) is 0 Å². The zero-order valence-corrected chi connectivity index (χ0v) is 13.2. The highest BCUT2D eigenvalue weighted by molar-refractivity contribution is 9.10. The summed E-state index contributed by atoms with van der Waals surface area (Å²) in [6.45, 7) is 1.98. The summed E-state index contributed by atoms with van der Waals surface area (Å²) in [6.07, 6.45) is 4.89. The Hall–Kier alpha value is -0.580. The number of hydrogen-bond acceptors (Lipinski definition) is 3. The largest absolute Gasteiger partial charge is 0.490 e. The van der Waals surface area contributed by atoms with E-state index in [9.17, 15) is 0 Å². The predicted octanol–water partition coefficient (Wildman–Crippen LogP) is 3.81. The quantitative estimate of drug-likeness (QED) is 0.914. The fraction of sp³-hybridized carbons (Fsp3) is 0.600. The Morgan fingerprint density at radius 2 is 2.05 bits per heavy atom. The molecule has 3 unspecified atom stereocenters. The zero-order chi connectivity index (χ0) is 13.8. The molecule has 1 aliphatic rings. The van der Waals surface area contributed by atoms with E-state index in [1.165, 1.54) is 0 Å². The van der Waals surface area contributed by atoms with Crippen molar-refractivity contribution in [3.8, 4) is 5.75 Å². The third-order valence-corrected chi connectivity index (χ3v) is 4.16. The normalized spacial score (nSPS) is 25.1. The second-order valence-electron chi connectivity index (χ2n) is 5.23. The summed E-state index contributed by atoms with van der Waals surface area (Å²) < 4.78 is 12.6. The lowest BCUT2D eigenvalue weighted by atomic mass is 9.94. The molecule has 0 aromatic heterocycles. The average molecular weight is 328 g/mol. The molecule has 0 saturated heterocycles. The van der Waals surface area contributed by atoms with Crippen LogP contribution in [0, 0.1) is 0 Å². The smallest absolute Gasteiger partial charge is 0.125 e. The summed E-state index contributed by atoms with van der Waals surface area (Å²) >= 11 is 3.49. The third-order valence-electron chi connectivity index (χ3n) is 3.67. The molecule has 0 radical (unpaired) electrons. The van der Waals surface area contributed by atoms with Gasteiger partial charge in [-0.15, -0.1) is 0 Å². The zero-order valence-electron chi connectivity index (χ0n) is 11.6. The molecule has 0 spiro atoms. The van der Waals surface area contributed by atoms with Crippen LogP contribution in [0.1, 0.15) is 44.2 Å². The van der Waals surface area contributed by atoms with Gasteiger partial charge in [-0.05, 0) is 38.3 Å². The highest BCUT2D eigenvalue weighted by Crippen LogP contribution is 2.31. The van der Waals surface area contributed by atoms with E-state index >= 15 is 0 Å². The van der Waals surface area contributed by atoms with Crippen molar-refractivity contribution < 1.29 is 9.47 Å². The van der Waals surface area contributed by atoms with E-state index in [0.717, 1.165) is 41.5 Å². The number of benzene rings is 1. The molecule has 0 bridgehead atoms. The van der Waals surface area contributed by atoms with Crippen molar-refractivity contribution in [2.45, 2.75) is 50.9 Å². The molecule has 1 aromatic carbocycles. The molecule has 19 heavy (non-hydrogen) atoms. The van der Waals surface area contributed by atoms with Crippen molar-refractivity contribution >= 4 is 15.9 Å². The van der Waals surface area contributed by atoms with Gasteiger partial charge in [0.05, 0.1) is 6.10 Å². The minimum Gasteiger partial charge on any atom is -0.490 e. The summed E-state index contributed by atoms with van der Waals surface area (Å²) in [5.74, 6) is 0.895. The van der Waals surface area contributed by atoms with E-state index in [1.807, 2.05) is 25.1 Å². The summed E-state index contributed by atoms with van der Waals surface area (Å²) in [7, 11) is 1.78. The van der Waals surface area contributed by atoms with Gasteiger partial charge in [0.1, 0.15) is 11.9 Å². The van der Waals surface area contributed by atoms with E-state index in [1.54, 1.807) is 7.11 Å². The molecule has 106 valence electrons. The van der Waals surface area contributed by atoms with Crippen LogP contribution in [0.15, 0.2) is 22.7 Å². The molecule has 2 rings (SSSR count). The number of ether oxygens (including phenoxy) is 2. The minimum absolute atomic E-state index is 0.0232. The van der Waals surface area contributed by atoms with E-state index in [0.29, 0.717) is 6.10 Å². The maximum atomic E-state index is 6.17. The summed E-state index contributed by atoms with van der Waals surface area (Å²) in [4.78, 5) is 0. The molecular weight excluding hydrogens is 306 g/mol. The van der Waals surface area contributed by atoms with Crippen molar-refractivity contribution in [2.75, 3.05) is 7.11 Å².